The maximum atomic E-state index is 12.2. The van der Waals surface area contributed by atoms with Crippen molar-refractivity contribution < 1.29 is 19.8 Å². The van der Waals surface area contributed by atoms with Crippen molar-refractivity contribution in [1.29, 1.82) is 0 Å². The molecule has 1 aliphatic carbocycles. The quantitative estimate of drug-likeness (QED) is 0.466. The molecule has 1 aliphatic rings. The van der Waals surface area contributed by atoms with Crippen molar-refractivity contribution >= 4 is 11.8 Å². The first-order valence-electron chi connectivity index (χ1n) is 7.90. The standard InChI is InChI=1S/C16H28N2O4/c1-3-6-13(15(22)17-12(2)10-19)9-14(21)18-16(11-20)7-4-5-8-16/h3,12-13,19-20H,1,4-11H2,2H3,(H,17,22)(H,18,21)/t12-,13-/m0/s1. The second-order valence-corrected chi connectivity index (χ2v) is 6.21. The Kier molecular flexibility index (Phi) is 7.55. The molecular weight excluding hydrogens is 284 g/mol. The summed E-state index contributed by atoms with van der Waals surface area (Å²) in [6.07, 6.45) is 5.58. The Morgan fingerprint density at radius 3 is 2.45 bits per heavy atom. The van der Waals surface area contributed by atoms with Gasteiger partial charge in [-0.05, 0) is 26.2 Å². The second kappa shape index (κ2) is 8.90. The number of amides is 2. The largest absolute Gasteiger partial charge is 0.394 e. The predicted molar refractivity (Wildman–Crippen MR) is 84.0 cm³/mol. The molecule has 1 fully saturated rings. The fourth-order valence-corrected chi connectivity index (χ4v) is 2.84. The van der Waals surface area contributed by atoms with Crippen LogP contribution in [0.1, 0.15) is 45.4 Å². The Bertz CT molecular complexity index is 392. The van der Waals surface area contributed by atoms with Crippen molar-refractivity contribution in [2.24, 2.45) is 5.92 Å². The number of carbonyl (C=O) groups excluding carboxylic acids is 2. The molecule has 22 heavy (non-hydrogen) atoms. The van der Waals surface area contributed by atoms with E-state index in [0.29, 0.717) is 6.42 Å². The Labute approximate surface area is 132 Å². The van der Waals surface area contributed by atoms with Crippen LogP contribution in [0.5, 0.6) is 0 Å². The van der Waals surface area contributed by atoms with Gasteiger partial charge in [0.2, 0.25) is 11.8 Å². The lowest BCUT2D eigenvalue weighted by Crippen LogP contribution is -2.50. The molecule has 0 aromatic heterocycles. The van der Waals surface area contributed by atoms with Crippen LogP contribution >= 0.6 is 0 Å². The molecular formula is C16H28N2O4. The van der Waals surface area contributed by atoms with Gasteiger partial charge >= 0.3 is 0 Å². The fourth-order valence-electron chi connectivity index (χ4n) is 2.84. The van der Waals surface area contributed by atoms with Gasteiger partial charge in [0, 0.05) is 12.5 Å². The van der Waals surface area contributed by atoms with Crippen molar-refractivity contribution in [2.75, 3.05) is 13.2 Å². The average molecular weight is 312 g/mol. The number of allylic oxidation sites excluding steroid dienone is 1. The van der Waals surface area contributed by atoms with E-state index in [1.807, 2.05) is 0 Å². The van der Waals surface area contributed by atoms with Crippen molar-refractivity contribution in [3.8, 4) is 0 Å². The van der Waals surface area contributed by atoms with Crippen LogP contribution in [0.25, 0.3) is 0 Å². The number of carbonyl (C=O) groups is 2. The van der Waals surface area contributed by atoms with Crippen LogP contribution in [0.15, 0.2) is 12.7 Å². The van der Waals surface area contributed by atoms with E-state index in [1.54, 1.807) is 13.0 Å². The molecule has 1 saturated carbocycles. The zero-order valence-electron chi connectivity index (χ0n) is 13.3. The highest BCUT2D eigenvalue weighted by Crippen LogP contribution is 2.29. The lowest BCUT2D eigenvalue weighted by Gasteiger charge is -2.29. The van der Waals surface area contributed by atoms with Gasteiger partial charge < -0.3 is 20.8 Å². The summed E-state index contributed by atoms with van der Waals surface area (Å²) in [7, 11) is 0. The molecule has 0 saturated heterocycles. The maximum Gasteiger partial charge on any atom is 0.224 e. The lowest BCUT2D eigenvalue weighted by molar-refractivity contribution is -0.131. The van der Waals surface area contributed by atoms with E-state index >= 15 is 0 Å². The number of hydrogen-bond acceptors (Lipinski definition) is 4. The van der Waals surface area contributed by atoms with Crippen LogP contribution in [0.2, 0.25) is 0 Å². The number of aliphatic hydroxyl groups excluding tert-OH is 2. The van der Waals surface area contributed by atoms with Crippen LogP contribution in [0.3, 0.4) is 0 Å². The molecule has 4 N–H and O–H groups in total. The van der Waals surface area contributed by atoms with Crippen LogP contribution in [-0.2, 0) is 9.59 Å². The predicted octanol–water partition coefficient (Wildman–Crippen LogP) is 0.487. The summed E-state index contributed by atoms with van der Waals surface area (Å²) >= 11 is 0. The molecule has 2 atom stereocenters. The molecule has 0 bridgehead atoms. The average Bonchev–Trinajstić information content (AvgIpc) is 2.95. The van der Waals surface area contributed by atoms with Gasteiger partial charge in [0.05, 0.1) is 24.7 Å². The van der Waals surface area contributed by atoms with Crippen LogP contribution in [0.4, 0.5) is 0 Å². The summed E-state index contributed by atoms with van der Waals surface area (Å²) in [5.41, 5.74) is -0.523. The van der Waals surface area contributed by atoms with E-state index in [4.69, 9.17) is 5.11 Å². The van der Waals surface area contributed by atoms with E-state index in [9.17, 15) is 14.7 Å². The first kappa shape index (κ1) is 18.6. The molecule has 0 unspecified atom stereocenters. The Hall–Kier alpha value is -1.40. The van der Waals surface area contributed by atoms with Crippen molar-refractivity contribution in [1.82, 2.24) is 10.6 Å². The third-order valence-electron chi connectivity index (χ3n) is 4.18. The van der Waals surface area contributed by atoms with Crippen molar-refractivity contribution in [2.45, 2.75) is 57.0 Å². The zero-order chi connectivity index (χ0) is 16.6. The normalized spacial score (nSPS) is 19.2. The number of hydrogen-bond donors (Lipinski definition) is 4. The molecule has 0 radical (unpaired) electrons. The Morgan fingerprint density at radius 2 is 1.95 bits per heavy atom. The summed E-state index contributed by atoms with van der Waals surface area (Å²) < 4.78 is 0. The summed E-state index contributed by atoms with van der Waals surface area (Å²) in [4.78, 5) is 24.3. The SMILES string of the molecule is C=CC[C@@H](CC(=O)NC1(CO)CCCC1)C(=O)N[C@@H](C)CO. The molecule has 0 spiro atoms. The van der Waals surface area contributed by atoms with Crippen LogP contribution < -0.4 is 10.6 Å². The summed E-state index contributed by atoms with van der Waals surface area (Å²) in [6.45, 7) is 5.10. The third kappa shape index (κ3) is 5.42. The van der Waals surface area contributed by atoms with Crippen LogP contribution in [-0.4, -0.2) is 46.8 Å². The summed E-state index contributed by atoms with van der Waals surface area (Å²) in [5, 5.41) is 24.1. The van der Waals surface area contributed by atoms with E-state index in [2.05, 4.69) is 17.2 Å². The van der Waals surface area contributed by atoms with Crippen LogP contribution in [0, 0.1) is 5.92 Å². The van der Waals surface area contributed by atoms with Gasteiger partial charge in [0.15, 0.2) is 0 Å². The highest BCUT2D eigenvalue weighted by Gasteiger charge is 2.35. The molecule has 2 amide bonds. The molecule has 6 nitrogen and oxygen atoms in total. The van der Waals surface area contributed by atoms with Gasteiger partial charge in [-0.1, -0.05) is 18.9 Å². The van der Waals surface area contributed by atoms with Gasteiger partial charge in [-0.2, -0.15) is 0 Å². The molecule has 0 heterocycles. The minimum Gasteiger partial charge on any atom is -0.394 e. The number of nitrogens with one attached hydrogen (secondary N) is 2. The van der Waals surface area contributed by atoms with Gasteiger partial charge in [0.1, 0.15) is 0 Å². The van der Waals surface area contributed by atoms with Gasteiger partial charge in [-0.25, -0.2) is 0 Å². The van der Waals surface area contributed by atoms with E-state index in [1.165, 1.54) is 0 Å². The monoisotopic (exact) mass is 312 g/mol. The first-order valence-corrected chi connectivity index (χ1v) is 7.90. The van der Waals surface area contributed by atoms with E-state index in [-0.39, 0.29) is 37.5 Å². The van der Waals surface area contributed by atoms with Gasteiger partial charge in [-0.3, -0.25) is 9.59 Å². The minimum absolute atomic E-state index is 0.0533. The van der Waals surface area contributed by atoms with Crippen molar-refractivity contribution in [3.05, 3.63) is 12.7 Å². The molecule has 6 heteroatoms. The molecule has 0 aromatic rings. The highest BCUT2D eigenvalue weighted by molar-refractivity contribution is 5.86. The molecule has 0 aromatic carbocycles. The maximum absolute atomic E-state index is 12.2. The molecule has 1 rings (SSSR count). The Balaban J connectivity index is 2.59. The fraction of sp³-hybridized carbons (Fsp3) is 0.750. The van der Waals surface area contributed by atoms with E-state index in [0.717, 1.165) is 25.7 Å². The van der Waals surface area contributed by atoms with Gasteiger partial charge in [0.25, 0.3) is 0 Å². The second-order valence-electron chi connectivity index (χ2n) is 6.21. The minimum atomic E-state index is -0.523. The summed E-state index contributed by atoms with van der Waals surface area (Å²) in [5.74, 6) is -1.00. The van der Waals surface area contributed by atoms with Gasteiger partial charge in [-0.15, -0.1) is 6.58 Å². The molecule has 126 valence electrons. The van der Waals surface area contributed by atoms with E-state index < -0.39 is 11.5 Å². The number of aliphatic hydroxyl groups is 2. The summed E-state index contributed by atoms with van der Waals surface area (Å²) in [6, 6.07) is -0.346. The number of rotatable bonds is 9. The Morgan fingerprint density at radius 1 is 1.32 bits per heavy atom. The topological polar surface area (TPSA) is 98.7 Å². The first-order chi connectivity index (χ1) is 10.5. The van der Waals surface area contributed by atoms with Crippen molar-refractivity contribution in [3.63, 3.8) is 0 Å². The zero-order valence-corrected chi connectivity index (χ0v) is 13.3. The highest BCUT2D eigenvalue weighted by atomic mass is 16.3. The third-order valence-corrected chi connectivity index (χ3v) is 4.18. The lowest BCUT2D eigenvalue weighted by atomic mass is 9.95. The molecule has 0 aliphatic heterocycles. The smallest absolute Gasteiger partial charge is 0.224 e.